The molecule has 0 saturated carbocycles. The van der Waals surface area contributed by atoms with Crippen molar-refractivity contribution in [3.05, 3.63) is 69.7 Å². The second-order valence-electron chi connectivity index (χ2n) is 7.41. The summed E-state index contributed by atoms with van der Waals surface area (Å²) in [7, 11) is 1.69. The van der Waals surface area contributed by atoms with Gasteiger partial charge in [-0.15, -0.1) is 0 Å². The van der Waals surface area contributed by atoms with Crippen LogP contribution in [0.5, 0.6) is 0 Å². The molecular weight excluding hydrogens is 359 g/mol. The number of carbonyl (C=O) groups excluding carboxylic acids is 1. The zero-order valence-corrected chi connectivity index (χ0v) is 15.8. The van der Waals surface area contributed by atoms with E-state index in [2.05, 4.69) is 16.4 Å². The molecular formula is C21H23FN4O2. The molecule has 1 aliphatic carbocycles. The fourth-order valence-electron chi connectivity index (χ4n) is 3.85. The van der Waals surface area contributed by atoms with Crippen molar-refractivity contribution in [1.29, 1.82) is 0 Å². The van der Waals surface area contributed by atoms with Gasteiger partial charge in [-0.05, 0) is 49.0 Å². The fourth-order valence-corrected chi connectivity index (χ4v) is 3.85. The first-order chi connectivity index (χ1) is 13.5. The van der Waals surface area contributed by atoms with E-state index in [1.165, 1.54) is 28.6 Å². The molecule has 1 N–H and O–H groups in total. The lowest BCUT2D eigenvalue weighted by Gasteiger charge is -2.31. The lowest BCUT2D eigenvalue weighted by atomic mass is 9.91. The van der Waals surface area contributed by atoms with Crippen LogP contribution in [0.25, 0.3) is 5.57 Å². The van der Waals surface area contributed by atoms with E-state index in [9.17, 15) is 14.0 Å². The van der Waals surface area contributed by atoms with Gasteiger partial charge < -0.3 is 14.8 Å². The van der Waals surface area contributed by atoms with E-state index in [-0.39, 0.29) is 23.4 Å². The van der Waals surface area contributed by atoms with Crippen molar-refractivity contribution >= 4 is 11.6 Å². The van der Waals surface area contributed by atoms with Crippen LogP contribution in [-0.4, -0.2) is 33.1 Å². The quantitative estimate of drug-likeness (QED) is 0.868. The summed E-state index contributed by atoms with van der Waals surface area (Å²) >= 11 is 0. The molecule has 0 bridgehead atoms. The third kappa shape index (κ3) is 3.69. The predicted molar refractivity (Wildman–Crippen MR) is 104 cm³/mol. The van der Waals surface area contributed by atoms with Gasteiger partial charge in [-0.2, -0.15) is 0 Å². The number of halogens is 1. The normalized spacial score (nSPS) is 19.0. The Balaban J connectivity index is 1.36. The van der Waals surface area contributed by atoms with Gasteiger partial charge in [0.1, 0.15) is 5.82 Å². The number of amides is 2. The van der Waals surface area contributed by atoms with Gasteiger partial charge in [-0.1, -0.05) is 18.2 Å². The van der Waals surface area contributed by atoms with Crippen molar-refractivity contribution in [1.82, 2.24) is 19.8 Å². The van der Waals surface area contributed by atoms with Gasteiger partial charge in [0, 0.05) is 25.2 Å². The van der Waals surface area contributed by atoms with Crippen molar-refractivity contribution in [3.63, 3.8) is 0 Å². The summed E-state index contributed by atoms with van der Waals surface area (Å²) < 4.78 is 14.5. The Morgan fingerprint density at radius 1 is 1.25 bits per heavy atom. The van der Waals surface area contributed by atoms with Gasteiger partial charge in [0.2, 0.25) is 0 Å². The molecule has 1 aromatic carbocycles. The molecule has 1 aromatic heterocycles. The molecule has 1 unspecified atom stereocenters. The summed E-state index contributed by atoms with van der Waals surface area (Å²) in [6.07, 6.45) is 6.60. The zero-order chi connectivity index (χ0) is 19.7. The van der Waals surface area contributed by atoms with E-state index in [1.807, 2.05) is 0 Å². The van der Waals surface area contributed by atoms with Crippen LogP contribution >= 0.6 is 0 Å². The molecule has 1 aliphatic heterocycles. The van der Waals surface area contributed by atoms with Gasteiger partial charge >= 0.3 is 6.03 Å². The monoisotopic (exact) mass is 382 g/mol. The fraction of sp³-hybridized carbons (Fsp3) is 0.381. The number of hydrogen-bond acceptors (Lipinski definition) is 3. The largest absolute Gasteiger partial charge is 0.335 e. The van der Waals surface area contributed by atoms with Gasteiger partial charge in [-0.25, -0.2) is 14.2 Å². The maximum Gasteiger partial charge on any atom is 0.317 e. The molecule has 2 heterocycles. The van der Waals surface area contributed by atoms with E-state index in [4.69, 9.17) is 0 Å². The van der Waals surface area contributed by atoms with E-state index in [0.29, 0.717) is 30.8 Å². The Morgan fingerprint density at radius 3 is 2.75 bits per heavy atom. The van der Waals surface area contributed by atoms with Gasteiger partial charge in [0.05, 0.1) is 18.6 Å². The molecule has 0 saturated heterocycles. The molecule has 0 radical (unpaired) electrons. The number of rotatable bonds is 2. The maximum absolute atomic E-state index is 13.1. The topological polar surface area (TPSA) is 67.2 Å². The first-order valence-electron chi connectivity index (χ1n) is 9.55. The second kappa shape index (κ2) is 7.58. The van der Waals surface area contributed by atoms with Crippen molar-refractivity contribution < 1.29 is 9.18 Å². The number of carbonyl (C=O) groups is 1. The molecule has 0 fully saturated rings. The average Bonchev–Trinajstić information content (AvgIpc) is 2.72. The number of aryl methyl sites for hydroxylation is 1. The number of benzene rings is 1. The highest BCUT2D eigenvalue weighted by atomic mass is 19.1. The van der Waals surface area contributed by atoms with E-state index in [1.54, 1.807) is 24.1 Å². The molecule has 1 atom stereocenters. The van der Waals surface area contributed by atoms with Crippen molar-refractivity contribution in [2.45, 2.75) is 38.3 Å². The molecule has 2 aromatic rings. The molecule has 146 valence electrons. The number of nitrogens with zero attached hydrogens (tertiary/aromatic N) is 3. The standard InChI is InChI=1S/C21H23FN4O2/c1-25-13-23-19-12-26(11-10-18(19)20(25)27)21(28)24-17-8-4-15(5-9-17)14-2-6-16(22)7-3-14/h2-4,6-7,13,17H,5,8-12H2,1H3,(H,24,28). The minimum Gasteiger partial charge on any atom is -0.335 e. The van der Waals surface area contributed by atoms with Crippen LogP contribution in [0.15, 0.2) is 41.5 Å². The number of allylic oxidation sites excluding steroid dienone is 1. The molecule has 7 heteroatoms. The van der Waals surface area contributed by atoms with Gasteiger partial charge in [0.25, 0.3) is 5.56 Å². The molecule has 6 nitrogen and oxygen atoms in total. The van der Waals surface area contributed by atoms with E-state index >= 15 is 0 Å². The summed E-state index contributed by atoms with van der Waals surface area (Å²) in [6, 6.07) is 6.50. The van der Waals surface area contributed by atoms with Crippen molar-refractivity contribution in [2.75, 3.05) is 6.54 Å². The van der Waals surface area contributed by atoms with Crippen LogP contribution in [0.2, 0.25) is 0 Å². The SMILES string of the molecule is Cn1cnc2c(c1=O)CCN(C(=O)NC1CC=C(c3ccc(F)cc3)CC1)C2. The van der Waals surface area contributed by atoms with Crippen molar-refractivity contribution in [3.8, 4) is 0 Å². The summed E-state index contributed by atoms with van der Waals surface area (Å²) in [5.41, 5.74) is 3.59. The number of fused-ring (bicyclic) bond motifs is 1. The van der Waals surface area contributed by atoms with Crippen LogP contribution in [0.4, 0.5) is 9.18 Å². The van der Waals surface area contributed by atoms with E-state index in [0.717, 1.165) is 24.8 Å². The summed E-state index contributed by atoms with van der Waals surface area (Å²) in [5.74, 6) is -0.235. The Kier molecular flexibility index (Phi) is 4.98. The lowest BCUT2D eigenvalue weighted by Crippen LogP contribution is -2.48. The van der Waals surface area contributed by atoms with Gasteiger partial charge in [0.15, 0.2) is 0 Å². The summed E-state index contributed by atoms with van der Waals surface area (Å²) in [4.78, 5) is 30.8. The number of hydrogen-bond donors (Lipinski definition) is 1. The van der Waals surface area contributed by atoms with Crippen LogP contribution in [0.1, 0.15) is 36.1 Å². The molecule has 4 rings (SSSR count). The maximum atomic E-state index is 13.1. The minimum atomic E-state index is -0.235. The first kappa shape index (κ1) is 18.4. The molecule has 28 heavy (non-hydrogen) atoms. The summed E-state index contributed by atoms with van der Waals surface area (Å²) in [6.45, 7) is 0.879. The highest BCUT2D eigenvalue weighted by Gasteiger charge is 2.26. The van der Waals surface area contributed by atoms with Crippen molar-refractivity contribution in [2.24, 2.45) is 7.05 Å². The Bertz CT molecular complexity index is 981. The minimum absolute atomic E-state index is 0.0317. The molecule has 0 spiro atoms. The van der Waals surface area contributed by atoms with Crippen LogP contribution in [0, 0.1) is 5.82 Å². The Labute approximate surface area is 162 Å². The number of urea groups is 1. The molecule has 2 amide bonds. The third-order valence-corrected chi connectivity index (χ3v) is 5.53. The average molecular weight is 382 g/mol. The molecule has 2 aliphatic rings. The number of nitrogens with one attached hydrogen (secondary N) is 1. The van der Waals surface area contributed by atoms with Crippen LogP contribution in [0.3, 0.4) is 0 Å². The highest BCUT2D eigenvalue weighted by molar-refractivity contribution is 5.75. The third-order valence-electron chi connectivity index (χ3n) is 5.53. The predicted octanol–water partition coefficient (Wildman–Crippen LogP) is 2.62. The summed E-state index contributed by atoms with van der Waals surface area (Å²) in [5, 5.41) is 3.10. The highest BCUT2D eigenvalue weighted by Crippen LogP contribution is 2.27. The van der Waals surface area contributed by atoms with Crippen LogP contribution in [-0.2, 0) is 20.0 Å². The Hall–Kier alpha value is -2.96. The smallest absolute Gasteiger partial charge is 0.317 e. The lowest BCUT2D eigenvalue weighted by molar-refractivity contribution is 0.186. The Morgan fingerprint density at radius 2 is 2.04 bits per heavy atom. The second-order valence-corrected chi connectivity index (χ2v) is 7.41. The van der Waals surface area contributed by atoms with Gasteiger partial charge in [-0.3, -0.25) is 4.79 Å². The zero-order valence-electron chi connectivity index (χ0n) is 15.8. The van der Waals surface area contributed by atoms with E-state index < -0.39 is 0 Å². The first-order valence-corrected chi connectivity index (χ1v) is 9.55. The number of aromatic nitrogens is 2. The van der Waals surface area contributed by atoms with Crippen LogP contribution < -0.4 is 10.9 Å².